The number of aromatic nitrogens is 2. The van der Waals surface area contributed by atoms with Crippen molar-refractivity contribution in [2.24, 2.45) is 5.92 Å². The third kappa shape index (κ3) is 2.94. The molecule has 2 fully saturated rings. The molecule has 1 N–H and O–H groups in total. The van der Waals surface area contributed by atoms with Gasteiger partial charge < -0.3 is 14.7 Å². The number of ether oxygens (including phenoxy) is 1. The number of halogens is 1. The topological polar surface area (TPSA) is 58.5 Å². The molecule has 21 heavy (non-hydrogen) atoms. The van der Waals surface area contributed by atoms with Gasteiger partial charge in [-0.3, -0.25) is 0 Å². The molecule has 0 aromatic carbocycles. The Balaban J connectivity index is 1.86. The van der Waals surface area contributed by atoms with Crippen molar-refractivity contribution >= 4 is 17.4 Å². The normalized spacial score (nSPS) is 29.7. The Morgan fingerprint density at radius 1 is 1.29 bits per heavy atom. The van der Waals surface area contributed by atoms with Gasteiger partial charge in [0.25, 0.3) is 0 Å². The summed E-state index contributed by atoms with van der Waals surface area (Å²) in [5.41, 5.74) is 0. The van der Waals surface area contributed by atoms with Crippen molar-refractivity contribution in [3.63, 3.8) is 0 Å². The van der Waals surface area contributed by atoms with Crippen molar-refractivity contribution in [2.75, 3.05) is 18.6 Å². The molecule has 1 aromatic heterocycles. The van der Waals surface area contributed by atoms with Gasteiger partial charge in [-0.25, -0.2) is 4.98 Å². The number of methoxy groups -OCH3 is 1. The summed E-state index contributed by atoms with van der Waals surface area (Å²) in [6, 6.07) is 0.654. The molecule has 0 unspecified atom stereocenters. The molecular weight excluding hydrogens is 290 g/mol. The lowest BCUT2D eigenvalue weighted by Crippen LogP contribution is -2.43. The molecule has 0 radical (unpaired) electrons. The molecule has 2 aliphatic rings. The lowest BCUT2D eigenvalue weighted by Gasteiger charge is -2.37. The quantitative estimate of drug-likeness (QED) is 0.930. The smallest absolute Gasteiger partial charge is 0.318 e. The van der Waals surface area contributed by atoms with E-state index in [1.165, 1.54) is 6.42 Å². The molecule has 1 aromatic rings. The first kappa shape index (κ1) is 14.9. The molecule has 116 valence electrons. The summed E-state index contributed by atoms with van der Waals surface area (Å²) in [6.07, 6.45) is 7.92. The van der Waals surface area contributed by atoms with Crippen LogP contribution in [-0.2, 0) is 0 Å². The van der Waals surface area contributed by atoms with Crippen molar-refractivity contribution in [3.8, 4) is 6.01 Å². The molecule has 3 atom stereocenters. The summed E-state index contributed by atoms with van der Waals surface area (Å²) in [5, 5.41) is 10.9. The molecule has 0 spiro atoms. The first-order valence-electron chi connectivity index (χ1n) is 7.72. The van der Waals surface area contributed by atoms with E-state index in [0.29, 0.717) is 23.0 Å². The highest BCUT2D eigenvalue weighted by Gasteiger charge is 2.38. The molecule has 1 aliphatic carbocycles. The van der Waals surface area contributed by atoms with E-state index in [1.807, 2.05) is 0 Å². The number of hydrogen-bond donors (Lipinski definition) is 1. The molecule has 2 heterocycles. The third-order valence-corrected chi connectivity index (χ3v) is 5.00. The minimum Gasteiger partial charge on any atom is -0.467 e. The summed E-state index contributed by atoms with van der Waals surface area (Å²) >= 11 is 6.29. The van der Waals surface area contributed by atoms with Gasteiger partial charge in [-0.15, -0.1) is 0 Å². The molecular formula is C15H22ClN3O2. The predicted molar refractivity (Wildman–Crippen MR) is 81.9 cm³/mol. The first-order chi connectivity index (χ1) is 10.2. The van der Waals surface area contributed by atoms with Crippen molar-refractivity contribution in [1.29, 1.82) is 0 Å². The van der Waals surface area contributed by atoms with Gasteiger partial charge in [0.2, 0.25) is 0 Å². The zero-order chi connectivity index (χ0) is 14.8. The van der Waals surface area contributed by atoms with Crippen LogP contribution >= 0.6 is 11.6 Å². The summed E-state index contributed by atoms with van der Waals surface area (Å²) in [6.45, 7) is 0.924. The Kier molecular flexibility index (Phi) is 4.50. The Morgan fingerprint density at radius 2 is 2.10 bits per heavy atom. The minimum absolute atomic E-state index is 0.202. The van der Waals surface area contributed by atoms with Crippen LogP contribution < -0.4 is 9.64 Å². The molecule has 1 aliphatic heterocycles. The summed E-state index contributed by atoms with van der Waals surface area (Å²) in [4.78, 5) is 10.7. The average Bonchev–Trinajstić information content (AvgIpc) is 2.97. The fourth-order valence-electron chi connectivity index (χ4n) is 3.73. The van der Waals surface area contributed by atoms with E-state index in [2.05, 4.69) is 14.9 Å². The predicted octanol–water partition coefficient (Wildman–Crippen LogP) is 2.66. The van der Waals surface area contributed by atoms with E-state index in [9.17, 15) is 5.11 Å². The van der Waals surface area contributed by atoms with Gasteiger partial charge in [0.15, 0.2) is 5.82 Å². The Hall–Kier alpha value is -1.07. The lowest BCUT2D eigenvalue weighted by atomic mass is 9.80. The van der Waals surface area contributed by atoms with Crippen LogP contribution in [0.25, 0.3) is 0 Å². The van der Waals surface area contributed by atoms with Crippen LogP contribution in [0, 0.1) is 5.92 Å². The number of anilines is 1. The largest absolute Gasteiger partial charge is 0.467 e. The summed E-state index contributed by atoms with van der Waals surface area (Å²) < 4.78 is 5.11. The molecule has 3 rings (SSSR count). The molecule has 1 saturated heterocycles. The molecule has 0 amide bonds. The number of hydrogen-bond acceptors (Lipinski definition) is 5. The maximum absolute atomic E-state index is 10.3. The Bertz CT molecular complexity index is 500. The van der Waals surface area contributed by atoms with E-state index in [1.54, 1.807) is 13.3 Å². The van der Waals surface area contributed by atoms with Gasteiger partial charge in [-0.2, -0.15) is 4.98 Å². The highest BCUT2D eigenvalue weighted by atomic mass is 35.5. The maximum Gasteiger partial charge on any atom is 0.318 e. The number of nitrogens with zero attached hydrogens (tertiary/aromatic N) is 3. The van der Waals surface area contributed by atoms with E-state index in [-0.39, 0.29) is 6.10 Å². The second-order valence-corrected chi connectivity index (χ2v) is 6.35. The van der Waals surface area contributed by atoms with E-state index in [0.717, 1.165) is 44.5 Å². The van der Waals surface area contributed by atoms with Crippen molar-refractivity contribution in [2.45, 2.75) is 50.7 Å². The lowest BCUT2D eigenvalue weighted by molar-refractivity contribution is 0.0565. The summed E-state index contributed by atoms with van der Waals surface area (Å²) in [7, 11) is 1.55. The first-order valence-corrected chi connectivity index (χ1v) is 8.09. The zero-order valence-corrected chi connectivity index (χ0v) is 13.1. The van der Waals surface area contributed by atoms with Crippen LogP contribution in [0.15, 0.2) is 6.20 Å². The van der Waals surface area contributed by atoms with E-state index < -0.39 is 0 Å². The number of rotatable bonds is 3. The molecule has 6 heteroatoms. The van der Waals surface area contributed by atoms with Gasteiger partial charge >= 0.3 is 6.01 Å². The van der Waals surface area contributed by atoms with Crippen LogP contribution in [0.2, 0.25) is 5.02 Å². The van der Waals surface area contributed by atoms with E-state index >= 15 is 0 Å². The van der Waals surface area contributed by atoms with Gasteiger partial charge in [-0.1, -0.05) is 24.4 Å². The summed E-state index contributed by atoms with van der Waals surface area (Å²) in [5.74, 6) is 1.06. The standard InChI is InChI=1S/C15H22ClN3O2/c1-21-15-17-9-11(16)14(18-15)19-8-4-6-12(19)10-5-2-3-7-13(10)20/h9-10,12-13,20H,2-8H2,1H3/t10-,12-,13+/m1/s1. The van der Waals surface area contributed by atoms with Crippen LogP contribution in [0.4, 0.5) is 5.82 Å². The van der Waals surface area contributed by atoms with Crippen LogP contribution in [0.1, 0.15) is 38.5 Å². The zero-order valence-electron chi connectivity index (χ0n) is 12.3. The Labute approximate surface area is 130 Å². The fraction of sp³-hybridized carbons (Fsp3) is 0.733. The second-order valence-electron chi connectivity index (χ2n) is 5.95. The van der Waals surface area contributed by atoms with E-state index in [4.69, 9.17) is 16.3 Å². The van der Waals surface area contributed by atoms with Gasteiger partial charge in [-0.05, 0) is 25.7 Å². The van der Waals surface area contributed by atoms with Crippen LogP contribution in [0.5, 0.6) is 6.01 Å². The van der Waals surface area contributed by atoms with Gasteiger partial charge in [0.05, 0.1) is 19.4 Å². The average molecular weight is 312 g/mol. The molecule has 1 saturated carbocycles. The molecule has 5 nitrogen and oxygen atoms in total. The van der Waals surface area contributed by atoms with Crippen LogP contribution in [-0.4, -0.2) is 40.9 Å². The SMILES string of the molecule is COc1ncc(Cl)c(N2CCC[C@@H]2[C@H]2CCCC[C@@H]2O)n1. The third-order valence-electron chi connectivity index (χ3n) is 4.73. The van der Waals surface area contributed by atoms with Crippen molar-refractivity contribution < 1.29 is 9.84 Å². The van der Waals surface area contributed by atoms with Crippen molar-refractivity contribution in [3.05, 3.63) is 11.2 Å². The highest BCUT2D eigenvalue weighted by molar-refractivity contribution is 6.32. The fourth-order valence-corrected chi connectivity index (χ4v) is 3.93. The van der Waals surface area contributed by atoms with Crippen molar-refractivity contribution in [1.82, 2.24) is 9.97 Å². The highest BCUT2D eigenvalue weighted by Crippen LogP contribution is 2.38. The van der Waals surface area contributed by atoms with Crippen LogP contribution in [0.3, 0.4) is 0 Å². The number of aliphatic hydroxyl groups excluding tert-OH is 1. The molecule has 0 bridgehead atoms. The minimum atomic E-state index is -0.202. The maximum atomic E-state index is 10.3. The van der Waals surface area contributed by atoms with Gasteiger partial charge in [0.1, 0.15) is 5.02 Å². The monoisotopic (exact) mass is 311 g/mol. The second kappa shape index (κ2) is 6.36. The van der Waals surface area contributed by atoms with Gasteiger partial charge in [0, 0.05) is 18.5 Å². The Morgan fingerprint density at radius 3 is 2.86 bits per heavy atom. The number of aliphatic hydroxyl groups is 1.